The van der Waals surface area contributed by atoms with E-state index in [-0.39, 0.29) is 0 Å². The van der Waals surface area contributed by atoms with Crippen molar-refractivity contribution in [2.75, 3.05) is 31.1 Å². The second-order valence-electron chi connectivity index (χ2n) is 6.89. The molecule has 1 aliphatic rings. The lowest BCUT2D eigenvalue weighted by Gasteiger charge is -2.32. The van der Waals surface area contributed by atoms with Crippen molar-refractivity contribution < 1.29 is 4.90 Å². The molecule has 26 heavy (non-hydrogen) atoms. The summed E-state index contributed by atoms with van der Waals surface area (Å²) in [5.41, 5.74) is 2.17. The van der Waals surface area contributed by atoms with Crippen molar-refractivity contribution in [2.24, 2.45) is 0 Å². The second-order valence-corrected chi connectivity index (χ2v) is 8.12. The number of hydrogen-bond acceptors (Lipinski definition) is 5. The van der Waals surface area contributed by atoms with Gasteiger partial charge in [-0.15, -0.1) is 11.3 Å². The molecular formula is C19H21N6S+. The number of nitrogens with zero attached hydrogens (tertiary/aromatic N) is 4. The molecular weight excluding hydrogens is 344 g/mol. The molecule has 0 bridgehead atoms. The molecule has 6 nitrogen and oxygen atoms in total. The molecule has 5 rings (SSSR count). The van der Waals surface area contributed by atoms with Crippen LogP contribution in [0.2, 0.25) is 0 Å². The molecule has 1 aromatic carbocycles. The molecule has 0 amide bonds. The van der Waals surface area contributed by atoms with Crippen molar-refractivity contribution in [1.29, 1.82) is 0 Å². The van der Waals surface area contributed by atoms with Gasteiger partial charge >= 0.3 is 0 Å². The van der Waals surface area contributed by atoms with E-state index in [1.165, 1.54) is 10.3 Å². The van der Waals surface area contributed by atoms with Crippen molar-refractivity contribution in [3.8, 4) is 0 Å². The lowest BCUT2D eigenvalue weighted by Crippen LogP contribution is -3.13. The fourth-order valence-corrected chi connectivity index (χ4v) is 4.60. The van der Waals surface area contributed by atoms with Gasteiger partial charge < -0.3 is 14.8 Å². The molecule has 0 atom stereocenters. The molecule has 7 heteroatoms. The first-order chi connectivity index (χ1) is 12.8. The van der Waals surface area contributed by atoms with Crippen molar-refractivity contribution >= 4 is 38.4 Å². The maximum atomic E-state index is 4.72. The van der Waals surface area contributed by atoms with Gasteiger partial charge in [0.1, 0.15) is 23.5 Å². The summed E-state index contributed by atoms with van der Waals surface area (Å²) in [4.78, 5) is 23.5. The van der Waals surface area contributed by atoms with E-state index in [0.29, 0.717) is 0 Å². The zero-order valence-corrected chi connectivity index (χ0v) is 15.5. The maximum absolute atomic E-state index is 4.72. The minimum absolute atomic E-state index is 0.944. The van der Waals surface area contributed by atoms with Crippen LogP contribution in [0.5, 0.6) is 0 Å². The van der Waals surface area contributed by atoms with Gasteiger partial charge in [-0.2, -0.15) is 0 Å². The molecule has 4 heterocycles. The number of anilines is 1. The Labute approximate surface area is 155 Å². The van der Waals surface area contributed by atoms with E-state index in [4.69, 9.17) is 4.98 Å². The summed E-state index contributed by atoms with van der Waals surface area (Å²) >= 11 is 1.74. The Kier molecular flexibility index (Phi) is 3.83. The lowest BCUT2D eigenvalue weighted by atomic mass is 10.2. The van der Waals surface area contributed by atoms with Gasteiger partial charge in [-0.05, 0) is 25.1 Å². The lowest BCUT2D eigenvalue weighted by molar-refractivity contribution is -0.914. The summed E-state index contributed by atoms with van der Waals surface area (Å²) < 4.78 is 0. The van der Waals surface area contributed by atoms with Crippen LogP contribution >= 0.6 is 11.3 Å². The normalized spacial score (nSPS) is 16.0. The Bertz CT molecular complexity index is 1030. The van der Waals surface area contributed by atoms with E-state index in [0.717, 1.165) is 60.2 Å². The first-order valence-corrected chi connectivity index (χ1v) is 9.81. The minimum Gasteiger partial charge on any atom is -0.345 e. The van der Waals surface area contributed by atoms with E-state index < -0.39 is 0 Å². The highest BCUT2D eigenvalue weighted by atomic mass is 32.1. The predicted octanol–water partition coefficient (Wildman–Crippen LogP) is 1.78. The Morgan fingerprint density at radius 2 is 2.04 bits per heavy atom. The quantitative estimate of drug-likeness (QED) is 0.581. The molecule has 4 aromatic rings. The van der Waals surface area contributed by atoms with Gasteiger partial charge in [0.05, 0.1) is 42.6 Å². The standard InChI is InChI=1S/C19H20N6S/c1-13-10-14-18(20-12-21-19(14)26-13)25-8-6-24(7-9-25)11-17-22-15-4-2-3-5-16(15)23-17/h2-5,10,12H,6-9,11H2,1H3,(H,22,23)/p+1. The number of thiophene rings is 1. The molecule has 0 unspecified atom stereocenters. The molecule has 0 spiro atoms. The molecule has 132 valence electrons. The number of benzene rings is 1. The van der Waals surface area contributed by atoms with Gasteiger partial charge in [0.15, 0.2) is 5.82 Å². The number of piperazine rings is 1. The van der Waals surface area contributed by atoms with Crippen LogP contribution < -0.4 is 9.80 Å². The largest absolute Gasteiger partial charge is 0.345 e. The average molecular weight is 365 g/mol. The van der Waals surface area contributed by atoms with Crippen LogP contribution in [-0.4, -0.2) is 46.1 Å². The topological polar surface area (TPSA) is 62.1 Å². The molecule has 0 saturated carbocycles. The molecule has 2 N–H and O–H groups in total. The van der Waals surface area contributed by atoms with E-state index in [1.807, 2.05) is 12.1 Å². The van der Waals surface area contributed by atoms with Gasteiger partial charge in [-0.1, -0.05) is 12.1 Å². The van der Waals surface area contributed by atoms with E-state index in [9.17, 15) is 0 Å². The smallest absolute Gasteiger partial charge is 0.162 e. The third-order valence-corrected chi connectivity index (χ3v) is 6.02. The third-order valence-electron chi connectivity index (χ3n) is 5.06. The van der Waals surface area contributed by atoms with Crippen LogP contribution in [0.15, 0.2) is 36.7 Å². The fraction of sp³-hybridized carbons (Fsp3) is 0.316. The molecule has 1 saturated heterocycles. The number of aromatic nitrogens is 4. The molecule has 0 radical (unpaired) electrons. The van der Waals surface area contributed by atoms with Gasteiger partial charge in [0.25, 0.3) is 0 Å². The first kappa shape index (κ1) is 15.7. The predicted molar refractivity (Wildman–Crippen MR) is 105 cm³/mol. The number of imidazole rings is 1. The van der Waals surface area contributed by atoms with Crippen LogP contribution in [-0.2, 0) is 6.54 Å². The van der Waals surface area contributed by atoms with Crippen molar-refractivity contribution in [1.82, 2.24) is 19.9 Å². The summed E-state index contributed by atoms with van der Waals surface area (Å²) in [6.45, 7) is 7.27. The number of fused-ring (bicyclic) bond motifs is 2. The summed E-state index contributed by atoms with van der Waals surface area (Å²) in [6, 6.07) is 10.4. The monoisotopic (exact) mass is 365 g/mol. The number of hydrogen-bond donors (Lipinski definition) is 2. The maximum Gasteiger partial charge on any atom is 0.162 e. The van der Waals surface area contributed by atoms with E-state index in [1.54, 1.807) is 22.6 Å². The number of para-hydroxylation sites is 2. The highest BCUT2D eigenvalue weighted by Gasteiger charge is 2.24. The van der Waals surface area contributed by atoms with Gasteiger partial charge in [0.2, 0.25) is 0 Å². The third kappa shape index (κ3) is 2.83. The number of quaternary nitrogens is 1. The van der Waals surface area contributed by atoms with Crippen LogP contribution in [0.25, 0.3) is 21.3 Å². The Balaban J connectivity index is 1.29. The van der Waals surface area contributed by atoms with Crippen molar-refractivity contribution in [3.63, 3.8) is 0 Å². The van der Waals surface area contributed by atoms with Crippen LogP contribution in [0.4, 0.5) is 5.82 Å². The summed E-state index contributed by atoms with van der Waals surface area (Å²) in [6.07, 6.45) is 1.70. The highest BCUT2D eigenvalue weighted by Crippen LogP contribution is 2.29. The van der Waals surface area contributed by atoms with Crippen molar-refractivity contribution in [3.05, 3.63) is 47.4 Å². The zero-order valence-electron chi connectivity index (χ0n) is 14.7. The zero-order chi connectivity index (χ0) is 17.5. The molecule has 3 aromatic heterocycles. The van der Waals surface area contributed by atoms with Gasteiger partial charge in [-0.25, -0.2) is 15.0 Å². The summed E-state index contributed by atoms with van der Waals surface area (Å²) in [5.74, 6) is 2.16. The van der Waals surface area contributed by atoms with E-state index in [2.05, 4.69) is 45.0 Å². The number of aryl methyl sites for hydroxylation is 1. The van der Waals surface area contributed by atoms with Gasteiger partial charge in [0, 0.05) is 4.88 Å². The second kappa shape index (κ2) is 6.34. The Morgan fingerprint density at radius 3 is 2.88 bits per heavy atom. The van der Waals surface area contributed by atoms with Crippen LogP contribution in [0, 0.1) is 6.92 Å². The summed E-state index contributed by atoms with van der Waals surface area (Å²) in [7, 11) is 0. The van der Waals surface area contributed by atoms with E-state index >= 15 is 0 Å². The number of H-pyrrole nitrogens is 1. The van der Waals surface area contributed by atoms with Crippen molar-refractivity contribution in [2.45, 2.75) is 13.5 Å². The summed E-state index contributed by atoms with van der Waals surface area (Å²) in [5, 5.41) is 1.19. The number of nitrogens with one attached hydrogen (secondary N) is 2. The number of aromatic amines is 1. The van der Waals surface area contributed by atoms with Gasteiger partial charge in [-0.3, -0.25) is 0 Å². The highest BCUT2D eigenvalue weighted by molar-refractivity contribution is 7.18. The Hall–Kier alpha value is -2.51. The molecule has 1 aliphatic heterocycles. The molecule has 0 aliphatic carbocycles. The first-order valence-electron chi connectivity index (χ1n) is 8.99. The minimum atomic E-state index is 0.944. The SMILES string of the molecule is Cc1cc2c(N3CC[NH+](Cc4nc5ccccc5[nH]4)CC3)ncnc2s1. The van der Waals surface area contributed by atoms with Crippen LogP contribution in [0.1, 0.15) is 10.7 Å². The molecule has 1 fully saturated rings. The fourth-order valence-electron chi connectivity index (χ4n) is 3.75. The number of rotatable bonds is 3. The Morgan fingerprint density at radius 1 is 1.19 bits per heavy atom. The van der Waals surface area contributed by atoms with Crippen LogP contribution in [0.3, 0.4) is 0 Å². The average Bonchev–Trinajstić information content (AvgIpc) is 3.23.